The number of aromatic carboxylic acids is 1. The first-order chi connectivity index (χ1) is 9.47. The SMILES string of the molecule is O=C(O)c1cccc(C(=O)Nc2ccc(Br)cc2F)c1. The number of carbonyl (C=O) groups excluding carboxylic acids is 1. The number of carboxylic acids is 1. The van der Waals surface area contributed by atoms with Gasteiger partial charge in [0.05, 0.1) is 11.3 Å². The standard InChI is InChI=1S/C14H9BrFNO3/c15-10-4-5-12(11(16)7-10)17-13(18)8-2-1-3-9(6-8)14(19)20/h1-7H,(H,17,18)(H,19,20). The number of hydrogen-bond acceptors (Lipinski definition) is 2. The first-order valence-electron chi connectivity index (χ1n) is 5.57. The van der Waals surface area contributed by atoms with Crippen LogP contribution in [0.3, 0.4) is 0 Å². The molecule has 0 aliphatic carbocycles. The third kappa shape index (κ3) is 3.21. The number of amides is 1. The molecule has 0 atom stereocenters. The maximum Gasteiger partial charge on any atom is 0.335 e. The second-order valence-corrected chi connectivity index (χ2v) is 4.88. The molecule has 4 nitrogen and oxygen atoms in total. The third-order valence-electron chi connectivity index (χ3n) is 2.55. The largest absolute Gasteiger partial charge is 0.478 e. The predicted octanol–water partition coefficient (Wildman–Crippen LogP) is 3.54. The summed E-state index contributed by atoms with van der Waals surface area (Å²) in [5.74, 6) is -2.29. The Hall–Kier alpha value is -2.21. The molecule has 0 aliphatic heterocycles. The number of nitrogens with one attached hydrogen (secondary N) is 1. The number of halogens is 2. The van der Waals surface area contributed by atoms with Crippen molar-refractivity contribution in [2.75, 3.05) is 5.32 Å². The summed E-state index contributed by atoms with van der Waals surface area (Å²) >= 11 is 3.11. The van der Waals surface area contributed by atoms with E-state index in [0.717, 1.165) is 0 Å². The van der Waals surface area contributed by atoms with E-state index in [1.165, 1.54) is 36.4 Å². The van der Waals surface area contributed by atoms with E-state index in [4.69, 9.17) is 5.11 Å². The molecule has 0 saturated heterocycles. The van der Waals surface area contributed by atoms with Crippen molar-refractivity contribution in [2.24, 2.45) is 0 Å². The van der Waals surface area contributed by atoms with Crippen LogP contribution in [-0.4, -0.2) is 17.0 Å². The van der Waals surface area contributed by atoms with Gasteiger partial charge >= 0.3 is 5.97 Å². The van der Waals surface area contributed by atoms with Crippen molar-refractivity contribution in [3.8, 4) is 0 Å². The maximum absolute atomic E-state index is 13.6. The summed E-state index contributed by atoms with van der Waals surface area (Å²) in [4.78, 5) is 22.8. The fraction of sp³-hybridized carbons (Fsp3) is 0. The molecule has 0 spiro atoms. The van der Waals surface area contributed by atoms with Crippen LogP contribution in [0.5, 0.6) is 0 Å². The van der Waals surface area contributed by atoms with Crippen LogP contribution >= 0.6 is 15.9 Å². The summed E-state index contributed by atoms with van der Waals surface area (Å²) < 4.78 is 14.2. The van der Waals surface area contributed by atoms with Crippen molar-refractivity contribution in [1.82, 2.24) is 0 Å². The van der Waals surface area contributed by atoms with E-state index in [9.17, 15) is 14.0 Å². The fourth-order valence-corrected chi connectivity index (χ4v) is 1.91. The molecule has 2 rings (SSSR count). The van der Waals surface area contributed by atoms with Crippen LogP contribution in [0.25, 0.3) is 0 Å². The second-order valence-electron chi connectivity index (χ2n) is 3.96. The van der Waals surface area contributed by atoms with Crippen LogP contribution in [0.1, 0.15) is 20.7 Å². The molecule has 0 saturated carbocycles. The smallest absolute Gasteiger partial charge is 0.335 e. The average molecular weight is 338 g/mol. The molecule has 0 fully saturated rings. The molecule has 0 aromatic heterocycles. The molecular weight excluding hydrogens is 329 g/mol. The second kappa shape index (κ2) is 5.83. The minimum absolute atomic E-state index is 0.00562. The Kier molecular flexibility index (Phi) is 4.14. The average Bonchev–Trinajstić information content (AvgIpc) is 2.42. The highest BCUT2D eigenvalue weighted by molar-refractivity contribution is 9.10. The number of benzene rings is 2. The quantitative estimate of drug-likeness (QED) is 0.900. The molecule has 1 amide bonds. The molecule has 0 heterocycles. The third-order valence-corrected chi connectivity index (χ3v) is 3.04. The molecule has 0 bridgehead atoms. The van der Waals surface area contributed by atoms with Crippen molar-refractivity contribution < 1.29 is 19.1 Å². The molecule has 6 heteroatoms. The molecule has 0 unspecified atom stereocenters. The monoisotopic (exact) mass is 337 g/mol. The first kappa shape index (κ1) is 14.2. The zero-order valence-corrected chi connectivity index (χ0v) is 11.6. The Balaban J connectivity index is 2.24. The number of anilines is 1. The van der Waals surface area contributed by atoms with Crippen molar-refractivity contribution >= 4 is 33.5 Å². The lowest BCUT2D eigenvalue weighted by Crippen LogP contribution is -2.13. The molecule has 0 radical (unpaired) electrons. The van der Waals surface area contributed by atoms with E-state index >= 15 is 0 Å². The van der Waals surface area contributed by atoms with Crippen molar-refractivity contribution in [2.45, 2.75) is 0 Å². The number of hydrogen-bond donors (Lipinski definition) is 2. The van der Waals surface area contributed by atoms with Crippen molar-refractivity contribution in [3.63, 3.8) is 0 Å². The van der Waals surface area contributed by atoms with Gasteiger partial charge in [0.15, 0.2) is 0 Å². The summed E-state index contributed by atoms with van der Waals surface area (Å²) in [7, 11) is 0. The van der Waals surface area contributed by atoms with Crippen LogP contribution in [0.2, 0.25) is 0 Å². The van der Waals surface area contributed by atoms with Gasteiger partial charge in [-0.3, -0.25) is 4.79 Å². The first-order valence-corrected chi connectivity index (χ1v) is 6.36. The maximum atomic E-state index is 13.6. The Morgan fingerprint density at radius 3 is 2.45 bits per heavy atom. The van der Waals surface area contributed by atoms with Crippen LogP contribution in [0.4, 0.5) is 10.1 Å². The lowest BCUT2D eigenvalue weighted by Gasteiger charge is -2.07. The van der Waals surface area contributed by atoms with Gasteiger partial charge in [0.1, 0.15) is 5.82 Å². The van der Waals surface area contributed by atoms with Crippen molar-refractivity contribution in [1.29, 1.82) is 0 Å². The van der Waals surface area contributed by atoms with Gasteiger partial charge in [0.25, 0.3) is 5.91 Å². The topological polar surface area (TPSA) is 66.4 Å². The lowest BCUT2D eigenvalue weighted by molar-refractivity contribution is 0.0697. The van der Waals surface area contributed by atoms with E-state index < -0.39 is 17.7 Å². The van der Waals surface area contributed by atoms with E-state index in [1.807, 2.05) is 0 Å². The predicted molar refractivity (Wildman–Crippen MR) is 75.5 cm³/mol. The Labute approximate surface area is 122 Å². The summed E-state index contributed by atoms with van der Waals surface area (Å²) in [5, 5.41) is 11.3. The molecule has 20 heavy (non-hydrogen) atoms. The Bertz CT molecular complexity index is 688. The summed E-state index contributed by atoms with van der Waals surface area (Å²) in [6.45, 7) is 0. The minimum Gasteiger partial charge on any atom is -0.478 e. The molecular formula is C14H9BrFNO3. The summed E-state index contributed by atoms with van der Waals surface area (Å²) in [5.41, 5.74) is 0.167. The highest BCUT2D eigenvalue weighted by Crippen LogP contribution is 2.20. The van der Waals surface area contributed by atoms with Gasteiger partial charge in [-0.05, 0) is 36.4 Å². The minimum atomic E-state index is -1.13. The normalized spacial score (nSPS) is 10.1. The van der Waals surface area contributed by atoms with Gasteiger partial charge in [-0.2, -0.15) is 0 Å². The van der Waals surface area contributed by atoms with Gasteiger partial charge in [-0.1, -0.05) is 22.0 Å². The summed E-state index contributed by atoms with van der Waals surface area (Å²) in [6, 6.07) is 9.75. The van der Waals surface area contributed by atoms with Gasteiger partial charge < -0.3 is 10.4 Å². The van der Waals surface area contributed by atoms with Crippen LogP contribution < -0.4 is 5.32 Å². The van der Waals surface area contributed by atoms with Gasteiger partial charge in [0.2, 0.25) is 0 Å². The van der Waals surface area contributed by atoms with Crippen molar-refractivity contribution in [3.05, 3.63) is 63.9 Å². The molecule has 2 aromatic carbocycles. The Morgan fingerprint density at radius 2 is 1.80 bits per heavy atom. The number of carbonyl (C=O) groups is 2. The van der Waals surface area contributed by atoms with Gasteiger partial charge in [-0.15, -0.1) is 0 Å². The zero-order chi connectivity index (χ0) is 14.7. The molecule has 2 aromatic rings. The molecule has 2 N–H and O–H groups in total. The van der Waals surface area contributed by atoms with Crippen LogP contribution in [-0.2, 0) is 0 Å². The van der Waals surface area contributed by atoms with E-state index in [-0.39, 0.29) is 16.8 Å². The molecule has 0 aliphatic rings. The van der Waals surface area contributed by atoms with E-state index in [0.29, 0.717) is 4.47 Å². The highest BCUT2D eigenvalue weighted by Gasteiger charge is 2.11. The summed E-state index contributed by atoms with van der Waals surface area (Å²) in [6.07, 6.45) is 0. The Morgan fingerprint density at radius 1 is 1.10 bits per heavy atom. The zero-order valence-electron chi connectivity index (χ0n) is 10.1. The van der Waals surface area contributed by atoms with E-state index in [2.05, 4.69) is 21.2 Å². The lowest BCUT2D eigenvalue weighted by atomic mass is 10.1. The van der Waals surface area contributed by atoms with Crippen LogP contribution in [0.15, 0.2) is 46.9 Å². The fourth-order valence-electron chi connectivity index (χ4n) is 1.58. The molecule has 102 valence electrons. The van der Waals surface area contributed by atoms with Gasteiger partial charge in [0, 0.05) is 10.0 Å². The van der Waals surface area contributed by atoms with Crippen LogP contribution in [0, 0.1) is 5.82 Å². The van der Waals surface area contributed by atoms with E-state index in [1.54, 1.807) is 6.07 Å². The number of rotatable bonds is 3. The van der Waals surface area contributed by atoms with Gasteiger partial charge in [-0.25, -0.2) is 9.18 Å². The number of carboxylic acid groups (broad SMARTS) is 1. The highest BCUT2D eigenvalue weighted by atomic mass is 79.9.